The van der Waals surface area contributed by atoms with E-state index < -0.39 is 0 Å². The molecule has 0 aliphatic rings. The van der Waals surface area contributed by atoms with Gasteiger partial charge in [-0.2, -0.15) is 4.98 Å². The molecule has 2 aromatic heterocycles. The van der Waals surface area contributed by atoms with E-state index in [-0.39, 0.29) is 11.2 Å². The highest BCUT2D eigenvalue weighted by Crippen LogP contribution is 1.96. The zero-order valence-corrected chi connectivity index (χ0v) is 5.39. The van der Waals surface area contributed by atoms with E-state index in [2.05, 4.69) is 4.98 Å². The summed E-state index contributed by atoms with van der Waals surface area (Å²) < 4.78 is 0. The van der Waals surface area contributed by atoms with Crippen molar-refractivity contribution in [1.29, 1.82) is 0 Å². The van der Waals surface area contributed by atoms with Gasteiger partial charge in [0.15, 0.2) is 0 Å². The first kappa shape index (κ1) is 5.90. The number of nitrogens with zero attached hydrogens (tertiary/aromatic N) is 3. The highest BCUT2D eigenvalue weighted by atomic mass is 16.6. The van der Waals surface area contributed by atoms with Crippen molar-refractivity contribution < 1.29 is 9.69 Å². The fourth-order valence-electron chi connectivity index (χ4n) is 0.887. The lowest BCUT2D eigenvalue weighted by Crippen LogP contribution is -2.39. The van der Waals surface area contributed by atoms with Crippen molar-refractivity contribution in [3.63, 3.8) is 0 Å². The molecule has 0 bridgehead atoms. The molecule has 6 nitrogen and oxygen atoms in total. The van der Waals surface area contributed by atoms with Gasteiger partial charge in [-0.25, -0.2) is 0 Å². The molecule has 0 aliphatic heterocycles. The van der Waals surface area contributed by atoms with Gasteiger partial charge in [0.05, 0.1) is 5.21 Å². The van der Waals surface area contributed by atoms with Crippen LogP contribution in [0.15, 0.2) is 18.3 Å². The summed E-state index contributed by atoms with van der Waals surface area (Å²) in [5, 5.41) is 23.6. The lowest BCUT2D eigenvalue weighted by molar-refractivity contribution is -0.799. The standard InChI is InChI=1S/C5H4N4O2/c10-8-4-2-1-3-6-5(4)9(11)7-8/h1-3,7H. The van der Waals surface area contributed by atoms with Gasteiger partial charge in [-0.1, -0.05) is 0 Å². The Bertz CT molecular complexity index is 360. The van der Waals surface area contributed by atoms with E-state index in [0.29, 0.717) is 9.69 Å². The summed E-state index contributed by atoms with van der Waals surface area (Å²) in [4.78, 5) is 4.39. The Morgan fingerprint density at radius 3 is 2.91 bits per heavy atom. The molecular weight excluding hydrogens is 148 g/mol. The third kappa shape index (κ3) is 0.689. The van der Waals surface area contributed by atoms with E-state index in [4.69, 9.17) is 0 Å². The minimum Gasteiger partial charge on any atom is -0.592 e. The molecule has 56 valence electrons. The number of nitrogens with one attached hydrogen (secondary N) is 1. The number of pyridine rings is 1. The summed E-state index contributed by atoms with van der Waals surface area (Å²) in [5.74, 6) is 0. The van der Waals surface area contributed by atoms with Gasteiger partial charge in [0.2, 0.25) is 0 Å². The zero-order chi connectivity index (χ0) is 7.84. The summed E-state index contributed by atoms with van der Waals surface area (Å²) >= 11 is 0. The number of hydrogen-bond acceptors (Lipinski definition) is 3. The van der Waals surface area contributed by atoms with Crippen LogP contribution in [0.3, 0.4) is 0 Å². The van der Waals surface area contributed by atoms with Crippen molar-refractivity contribution >= 4 is 11.2 Å². The summed E-state index contributed by atoms with van der Waals surface area (Å²) in [7, 11) is 0. The van der Waals surface area contributed by atoms with Crippen molar-refractivity contribution in [3.05, 3.63) is 28.7 Å². The minimum atomic E-state index is 0.0995. The van der Waals surface area contributed by atoms with Crippen LogP contribution < -0.4 is 9.69 Å². The Morgan fingerprint density at radius 2 is 2.18 bits per heavy atom. The predicted octanol–water partition coefficient (Wildman–Crippen LogP) is -1.17. The Labute approximate surface area is 60.8 Å². The average molecular weight is 152 g/mol. The van der Waals surface area contributed by atoms with E-state index in [0.717, 1.165) is 0 Å². The second kappa shape index (κ2) is 1.82. The second-order valence-corrected chi connectivity index (χ2v) is 2.03. The van der Waals surface area contributed by atoms with Crippen LogP contribution in [0.4, 0.5) is 0 Å². The van der Waals surface area contributed by atoms with Crippen LogP contribution in [0.25, 0.3) is 11.2 Å². The molecule has 2 rings (SSSR count). The molecule has 0 fully saturated rings. The van der Waals surface area contributed by atoms with Crippen LogP contribution in [0.5, 0.6) is 0 Å². The van der Waals surface area contributed by atoms with E-state index in [1.165, 1.54) is 12.3 Å². The van der Waals surface area contributed by atoms with E-state index >= 15 is 0 Å². The molecule has 0 unspecified atom stereocenters. The van der Waals surface area contributed by atoms with Gasteiger partial charge < -0.3 is 10.4 Å². The van der Waals surface area contributed by atoms with Crippen LogP contribution in [0.1, 0.15) is 0 Å². The van der Waals surface area contributed by atoms with E-state index in [1.54, 1.807) is 6.07 Å². The number of hydrogen-bond donors (Lipinski definition) is 1. The molecule has 11 heavy (non-hydrogen) atoms. The normalized spacial score (nSPS) is 10.5. The highest BCUT2D eigenvalue weighted by Gasteiger charge is 2.16. The zero-order valence-electron chi connectivity index (χ0n) is 5.39. The molecule has 0 saturated heterocycles. The van der Waals surface area contributed by atoms with Crippen LogP contribution >= 0.6 is 0 Å². The molecule has 1 N–H and O–H groups in total. The average Bonchev–Trinajstić information content (AvgIpc) is 2.30. The van der Waals surface area contributed by atoms with Gasteiger partial charge in [0, 0.05) is 17.1 Å². The molecule has 2 heterocycles. The predicted molar refractivity (Wildman–Crippen MR) is 34.0 cm³/mol. The molecule has 0 spiro atoms. The van der Waals surface area contributed by atoms with E-state index in [1.807, 2.05) is 5.21 Å². The topological polar surface area (TPSA) is 82.6 Å². The van der Waals surface area contributed by atoms with Gasteiger partial charge in [-0.05, 0) is 10.9 Å². The molecule has 0 saturated carbocycles. The quantitative estimate of drug-likeness (QED) is 0.381. The summed E-state index contributed by atoms with van der Waals surface area (Å²) in [6.45, 7) is 0. The Kier molecular flexibility index (Phi) is 0.974. The second-order valence-electron chi connectivity index (χ2n) is 2.03. The monoisotopic (exact) mass is 152 g/mol. The van der Waals surface area contributed by atoms with Crippen molar-refractivity contribution in [2.24, 2.45) is 0 Å². The van der Waals surface area contributed by atoms with Gasteiger partial charge >= 0.3 is 11.2 Å². The molecule has 0 aliphatic carbocycles. The summed E-state index contributed by atoms with van der Waals surface area (Å²) in [5.41, 5.74) is 0.338. The molecular formula is C5H4N4O2. The first-order valence-corrected chi connectivity index (χ1v) is 2.95. The number of aromatic amines is 1. The minimum absolute atomic E-state index is 0.0995. The smallest absolute Gasteiger partial charge is 0.419 e. The first-order chi connectivity index (χ1) is 5.29. The third-order valence-electron chi connectivity index (χ3n) is 1.36. The SMILES string of the molecule is [O-][n+]1[nH][n+]([O-])c2ncccc21. The summed E-state index contributed by atoms with van der Waals surface area (Å²) in [6.07, 6.45) is 1.45. The van der Waals surface area contributed by atoms with E-state index in [9.17, 15) is 10.4 Å². The number of H-pyrrole nitrogens is 1. The van der Waals surface area contributed by atoms with Gasteiger partial charge in [0.25, 0.3) is 0 Å². The van der Waals surface area contributed by atoms with Crippen molar-refractivity contribution in [2.75, 3.05) is 0 Å². The molecule has 0 amide bonds. The number of fused-ring (bicyclic) bond motifs is 1. The molecule has 0 radical (unpaired) electrons. The lowest BCUT2D eigenvalue weighted by atomic mass is 10.4. The molecule has 6 heteroatoms. The van der Waals surface area contributed by atoms with Gasteiger partial charge in [0.1, 0.15) is 0 Å². The Balaban J connectivity index is 2.95. The maximum absolute atomic E-state index is 10.8. The third-order valence-corrected chi connectivity index (χ3v) is 1.36. The first-order valence-electron chi connectivity index (χ1n) is 2.95. The lowest BCUT2D eigenvalue weighted by Gasteiger charge is -1.81. The number of rotatable bonds is 0. The van der Waals surface area contributed by atoms with Crippen LogP contribution in [0, 0.1) is 10.4 Å². The fraction of sp³-hybridized carbons (Fsp3) is 0. The van der Waals surface area contributed by atoms with Crippen LogP contribution in [-0.2, 0) is 0 Å². The van der Waals surface area contributed by atoms with Crippen molar-refractivity contribution in [2.45, 2.75) is 0 Å². The molecule has 0 atom stereocenters. The van der Waals surface area contributed by atoms with Gasteiger partial charge in [-0.15, -0.1) is 0 Å². The van der Waals surface area contributed by atoms with Crippen LogP contribution in [0.2, 0.25) is 0 Å². The van der Waals surface area contributed by atoms with Crippen molar-refractivity contribution in [3.8, 4) is 0 Å². The molecule has 2 aromatic rings. The fourth-order valence-corrected chi connectivity index (χ4v) is 0.887. The van der Waals surface area contributed by atoms with Gasteiger partial charge in [-0.3, -0.25) is 0 Å². The Hall–Kier alpha value is -1.85. The van der Waals surface area contributed by atoms with Crippen LogP contribution in [-0.4, -0.2) is 10.2 Å². The summed E-state index contributed by atoms with van der Waals surface area (Å²) in [6, 6.07) is 3.10. The number of aromatic nitrogens is 4. The van der Waals surface area contributed by atoms with Crippen molar-refractivity contribution in [1.82, 2.24) is 10.2 Å². The highest BCUT2D eigenvalue weighted by molar-refractivity contribution is 5.61. The maximum atomic E-state index is 10.8. The largest absolute Gasteiger partial charge is 0.592 e. The molecule has 0 aromatic carbocycles. The maximum Gasteiger partial charge on any atom is 0.419 e. The Morgan fingerprint density at radius 1 is 1.36 bits per heavy atom.